The molecule has 0 saturated carbocycles. The summed E-state index contributed by atoms with van der Waals surface area (Å²) in [6, 6.07) is 5.44. The second-order valence-corrected chi connectivity index (χ2v) is 5.58. The Morgan fingerprint density at radius 2 is 2.05 bits per heavy atom. The van der Waals surface area contributed by atoms with Crippen molar-refractivity contribution < 1.29 is 4.39 Å². The molecule has 1 saturated heterocycles. The molecule has 0 bridgehead atoms. The average molecular weight is 352 g/mol. The molecule has 0 radical (unpaired) electrons. The molecule has 1 aliphatic heterocycles. The highest BCUT2D eigenvalue weighted by Gasteiger charge is 2.25. The first-order chi connectivity index (χ1) is 8.74. The first kappa shape index (κ1) is 16.9. The van der Waals surface area contributed by atoms with Crippen LogP contribution in [0.5, 0.6) is 0 Å². The fraction of sp³-hybridized carbons (Fsp3) is 0.571. The van der Waals surface area contributed by atoms with Crippen molar-refractivity contribution in [3.05, 3.63) is 34.1 Å². The fourth-order valence-corrected chi connectivity index (χ4v) is 3.21. The smallest absolute Gasteiger partial charge is 0.129 e. The number of nitrogens with one attached hydrogen (secondary N) is 1. The quantitative estimate of drug-likeness (QED) is 0.888. The number of benzene rings is 1. The van der Waals surface area contributed by atoms with Gasteiger partial charge in [-0.2, -0.15) is 0 Å². The maximum absolute atomic E-state index is 14.1. The van der Waals surface area contributed by atoms with Crippen molar-refractivity contribution in [2.45, 2.75) is 25.8 Å². The Morgan fingerprint density at radius 3 is 2.63 bits per heavy atom. The summed E-state index contributed by atoms with van der Waals surface area (Å²) in [5.41, 5.74) is 0.821. The Morgan fingerprint density at radius 1 is 1.37 bits per heavy atom. The van der Waals surface area contributed by atoms with Crippen LogP contribution in [0, 0.1) is 5.82 Å². The van der Waals surface area contributed by atoms with E-state index in [4.69, 9.17) is 0 Å². The number of hydrogen-bond acceptors (Lipinski definition) is 2. The van der Waals surface area contributed by atoms with Crippen LogP contribution in [0.25, 0.3) is 0 Å². The van der Waals surface area contributed by atoms with Gasteiger partial charge in [-0.15, -0.1) is 12.4 Å². The van der Waals surface area contributed by atoms with Crippen LogP contribution in [-0.2, 0) is 0 Å². The third kappa shape index (κ3) is 4.15. The summed E-state index contributed by atoms with van der Waals surface area (Å²) in [5.74, 6) is -0.0960. The van der Waals surface area contributed by atoms with E-state index in [-0.39, 0.29) is 24.3 Å². The predicted octanol–water partition coefficient (Wildman–Crippen LogP) is 3.76. The van der Waals surface area contributed by atoms with Crippen molar-refractivity contribution in [3.63, 3.8) is 0 Å². The zero-order valence-corrected chi connectivity index (χ0v) is 13.6. The van der Waals surface area contributed by atoms with Gasteiger partial charge in [0, 0.05) is 42.3 Å². The third-order valence-electron chi connectivity index (χ3n) is 3.49. The minimum Gasteiger partial charge on any atom is -0.314 e. The molecule has 0 aliphatic carbocycles. The van der Waals surface area contributed by atoms with Gasteiger partial charge in [-0.1, -0.05) is 35.3 Å². The normalized spacial score (nSPS) is 17.8. The molecule has 1 heterocycles. The number of halogens is 3. The first-order valence-corrected chi connectivity index (χ1v) is 7.42. The molecular weight excluding hydrogens is 331 g/mol. The third-order valence-corrected chi connectivity index (χ3v) is 4.18. The van der Waals surface area contributed by atoms with E-state index in [2.05, 4.69) is 33.1 Å². The van der Waals surface area contributed by atoms with E-state index in [0.29, 0.717) is 0 Å². The van der Waals surface area contributed by atoms with Gasteiger partial charge >= 0.3 is 0 Å². The van der Waals surface area contributed by atoms with Gasteiger partial charge in [-0.3, -0.25) is 4.90 Å². The Labute approximate surface area is 129 Å². The summed E-state index contributed by atoms with van der Waals surface area (Å²) in [7, 11) is 0. The molecule has 0 spiro atoms. The Kier molecular flexibility index (Phi) is 7.29. The van der Waals surface area contributed by atoms with Crippen LogP contribution < -0.4 is 5.32 Å². The summed E-state index contributed by atoms with van der Waals surface area (Å²) < 4.78 is 15.0. The summed E-state index contributed by atoms with van der Waals surface area (Å²) in [4.78, 5) is 2.39. The molecule has 1 aromatic rings. The second-order valence-electron chi connectivity index (χ2n) is 4.73. The van der Waals surface area contributed by atoms with Gasteiger partial charge in [0.25, 0.3) is 0 Å². The number of rotatable bonds is 4. The molecule has 0 amide bonds. The molecule has 1 fully saturated rings. The highest BCUT2D eigenvalue weighted by Crippen LogP contribution is 2.33. The van der Waals surface area contributed by atoms with E-state index < -0.39 is 0 Å². The number of hydrogen-bond donors (Lipinski definition) is 1. The molecule has 108 valence electrons. The van der Waals surface area contributed by atoms with Crippen LogP contribution in [0.15, 0.2) is 22.7 Å². The first-order valence-electron chi connectivity index (χ1n) is 6.62. The van der Waals surface area contributed by atoms with Gasteiger partial charge < -0.3 is 5.32 Å². The van der Waals surface area contributed by atoms with Crippen molar-refractivity contribution >= 4 is 28.3 Å². The summed E-state index contributed by atoms with van der Waals surface area (Å²) >= 11 is 3.50. The van der Waals surface area contributed by atoms with Gasteiger partial charge in [-0.05, 0) is 18.6 Å². The van der Waals surface area contributed by atoms with Gasteiger partial charge in [0.05, 0.1) is 0 Å². The van der Waals surface area contributed by atoms with E-state index in [0.717, 1.165) is 49.1 Å². The minimum absolute atomic E-state index is 0. The molecule has 2 nitrogen and oxygen atoms in total. The molecule has 5 heteroatoms. The van der Waals surface area contributed by atoms with E-state index in [1.54, 1.807) is 12.1 Å². The Balaban J connectivity index is 0.00000180. The lowest BCUT2D eigenvalue weighted by molar-refractivity contribution is 0.161. The van der Waals surface area contributed by atoms with Crippen LogP contribution in [0.4, 0.5) is 4.39 Å². The van der Waals surface area contributed by atoms with Crippen LogP contribution in [0.3, 0.4) is 0 Å². The van der Waals surface area contributed by atoms with Gasteiger partial charge in [-0.25, -0.2) is 4.39 Å². The van der Waals surface area contributed by atoms with Gasteiger partial charge in [0.2, 0.25) is 0 Å². The lowest BCUT2D eigenvalue weighted by Gasteiger charge is -2.35. The predicted molar refractivity (Wildman–Crippen MR) is 83.4 cm³/mol. The summed E-state index contributed by atoms with van der Waals surface area (Å²) in [5, 5.41) is 3.35. The molecule has 0 aromatic heterocycles. The molecule has 2 rings (SSSR count). The molecular formula is C14H21BrClFN2. The second kappa shape index (κ2) is 8.20. The zero-order valence-electron chi connectivity index (χ0n) is 11.2. The Hall–Kier alpha value is -0.160. The van der Waals surface area contributed by atoms with E-state index in [1.165, 1.54) is 0 Å². The largest absolute Gasteiger partial charge is 0.314 e. The monoisotopic (exact) mass is 350 g/mol. The maximum atomic E-state index is 14.1. The van der Waals surface area contributed by atoms with Crippen LogP contribution >= 0.6 is 28.3 Å². The maximum Gasteiger partial charge on any atom is 0.129 e. The summed E-state index contributed by atoms with van der Waals surface area (Å²) in [6.45, 7) is 6.12. The van der Waals surface area contributed by atoms with Crippen molar-refractivity contribution in [2.24, 2.45) is 0 Å². The van der Waals surface area contributed by atoms with E-state index in [1.807, 2.05) is 6.07 Å². The van der Waals surface area contributed by atoms with Gasteiger partial charge in [0.15, 0.2) is 0 Å². The minimum atomic E-state index is -0.0960. The molecule has 1 aliphatic rings. The van der Waals surface area contributed by atoms with Crippen molar-refractivity contribution in [1.29, 1.82) is 0 Å². The van der Waals surface area contributed by atoms with E-state index >= 15 is 0 Å². The summed E-state index contributed by atoms with van der Waals surface area (Å²) in [6.07, 6.45) is 2.06. The lowest BCUT2D eigenvalue weighted by Crippen LogP contribution is -2.45. The van der Waals surface area contributed by atoms with Crippen LogP contribution in [-0.4, -0.2) is 31.1 Å². The topological polar surface area (TPSA) is 15.3 Å². The molecule has 19 heavy (non-hydrogen) atoms. The van der Waals surface area contributed by atoms with Crippen molar-refractivity contribution in [2.75, 3.05) is 26.2 Å². The van der Waals surface area contributed by atoms with Gasteiger partial charge in [0.1, 0.15) is 5.82 Å². The number of nitrogens with zero attached hydrogens (tertiary/aromatic N) is 1. The highest BCUT2D eigenvalue weighted by atomic mass is 79.9. The standard InChI is InChI=1S/C14H20BrFN2.ClH/c1-2-4-13(18-9-7-17-8-10-18)14-11(15)5-3-6-12(14)16;/h3,5-6,13,17H,2,4,7-10H2,1H3;1H/t13-;/m1./s1. The molecule has 0 unspecified atom stereocenters. The molecule has 1 aromatic carbocycles. The zero-order chi connectivity index (χ0) is 13.0. The Bertz CT molecular complexity index is 377. The van der Waals surface area contributed by atoms with Crippen molar-refractivity contribution in [1.82, 2.24) is 10.2 Å². The molecule has 1 atom stereocenters. The highest BCUT2D eigenvalue weighted by molar-refractivity contribution is 9.10. The fourth-order valence-electron chi connectivity index (χ4n) is 2.61. The SMILES string of the molecule is CCC[C@H](c1c(F)cccc1Br)N1CCNCC1.Cl. The van der Waals surface area contributed by atoms with Crippen molar-refractivity contribution in [3.8, 4) is 0 Å². The van der Waals surface area contributed by atoms with E-state index in [9.17, 15) is 4.39 Å². The number of piperazine rings is 1. The molecule has 1 N–H and O–H groups in total. The van der Waals surface area contributed by atoms with Crippen LogP contribution in [0.2, 0.25) is 0 Å². The van der Waals surface area contributed by atoms with Crippen LogP contribution in [0.1, 0.15) is 31.4 Å². The lowest BCUT2D eigenvalue weighted by atomic mass is 9.99. The average Bonchev–Trinajstić information content (AvgIpc) is 2.38.